The number of likely N-dealkylation sites (tertiary alicyclic amines) is 1. The molecule has 0 aliphatic carbocycles. The Bertz CT molecular complexity index is 914. The molecule has 2 aromatic heterocycles. The van der Waals surface area contributed by atoms with Crippen molar-refractivity contribution < 1.29 is 9.32 Å². The largest absolute Gasteiger partial charge is 0.336 e. The summed E-state index contributed by atoms with van der Waals surface area (Å²) in [5.74, 6) is 1.07. The Morgan fingerprint density at radius 3 is 2.85 bits per heavy atom. The maximum Gasteiger partial charge on any atom is 0.280 e. The summed E-state index contributed by atoms with van der Waals surface area (Å²) in [7, 11) is 0. The zero-order valence-corrected chi connectivity index (χ0v) is 14.8. The summed E-state index contributed by atoms with van der Waals surface area (Å²) in [4.78, 5) is 18.8. The lowest BCUT2D eigenvalue weighted by molar-refractivity contribution is 0.0787. The molecule has 1 aromatic carbocycles. The summed E-state index contributed by atoms with van der Waals surface area (Å²) in [5, 5.41) is 12.2. The quantitative estimate of drug-likeness (QED) is 0.715. The molecule has 1 amide bonds. The number of carbonyl (C=O) groups excluding carboxylic acids is 1. The number of nitrogens with zero attached hydrogens (tertiary/aromatic N) is 6. The van der Waals surface area contributed by atoms with Crippen LogP contribution >= 0.6 is 0 Å². The number of hydrogen-bond donors (Lipinski definition) is 0. The zero-order valence-electron chi connectivity index (χ0n) is 14.8. The molecule has 0 saturated carbocycles. The second kappa shape index (κ2) is 6.70. The summed E-state index contributed by atoms with van der Waals surface area (Å²) in [6.45, 7) is 5.28. The molecule has 1 fully saturated rings. The smallest absolute Gasteiger partial charge is 0.280 e. The van der Waals surface area contributed by atoms with Gasteiger partial charge in [0, 0.05) is 25.1 Å². The van der Waals surface area contributed by atoms with Crippen LogP contribution in [-0.2, 0) is 6.42 Å². The highest BCUT2D eigenvalue weighted by atomic mass is 16.5. The van der Waals surface area contributed by atoms with Gasteiger partial charge in [0.25, 0.3) is 11.8 Å². The normalized spacial score (nSPS) is 17.0. The fourth-order valence-electron chi connectivity index (χ4n) is 3.08. The molecule has 1 aliphatic rings. The van der Waals surface area contributed by atoms with Crippen LogP contribution in [0.2, 0.25) is 0 Å². The van der Waals surface area contributed by atoms with Gasteiger partial charge in [-0.3, -0.25) is 4.79 Å². The lowest BCUT2D eigenvalue weighted by atomic mass is 10.1. The predicted molar refractivity (Wildman–Crippen MR) is 93.4 cm³/mol. The van der Waals surface area contributed by atoms with Crippen molar-refractivity contribution in [2.24, 2.45) is 0 Å². The topological polar surface area (TPSA) is 89.9 Å². The van der Waals surface area contributed by atoms with E-state index < -0.39 is 0 Å². The van der Waals surface area contributed by atoms with Gasteiger partial charge in [0.15, 0.2) is 11.5 Å². The number of aryl methyl sites for hydroxylation is 2. The fourth-order valence-corrected chi connectivity index (χ4v) is 3.08. The summed E-state index contributed by atoms with van der Waals surface area (Å²) >= 11 is 0. The Morgan fingerprint density at radius 1 is 1.31 bits per heavy atom. The van der Waals surface area contributed by atoms with Crippen LogP contribution in [0.15, 0.2) is 35.0 Å². The van der Waals surface area contributed by atoms with Crippen LogP contribution in [0.1, 0.15) is 41.1 Å². The molecule has 1 atom stereocenters. The van der Waals surface area contributed by atoms with Crippen LogP contribution < -0.4 is 0 Å². The van der Waals surface area contributed by atoms with Gasteiger partial charge in [0.05, 0.1) is 12.2 Å². The van der Waals surface area contributed by atoms with Crippen LogP contribution in [0.25, 0.3) is 11.6 Å². The molecule has 3 heterocycles. The van der Waals surface area contributed by atoms with Gasteiger partial charge in [0.2, 0.25) is 0 Å². The Morgan fingerprint density at radius 2 is 2.12 bits per heavy atom. The minimum absolute atomic E-state index is 0.0531. The summed E-state index contributed by atoms with van der Waals surface area (Å²) in [5.41, 5.74) is 2.41. The average Bonchev–Trinajstić information content (AvgIpc) is 3.40. The molecule has 3 aromatic rings. The molecule has 0 radical (unpaired) electrons. The molecule has 8 heteroatoms. The molecular weight excluding hydrogens is 332 g/mol. The van der Waals surface area contributed by atoms with Crippen LogP contribution in [0.3, 0.4) is 0 Å². The molecule has 134 valence electrons. The van der Waals surface area contributed by atoms with Crippen molar-refractivity contribution in [3.8, 4) is 11.6 Å². The van der Waals surface area contributed by atoms with Crippen molar-refractivity contribution >= 4 is 5.91 Å². The first-order valence-corrected chi connectivity index (χ1v) is 8.74. The third-order valence-electron chi connectivity index (χ3n) is 4.64. The molecular formula is C18H20N6O2. The van der Waals surface area contributed by atoms with Gasteiger partial charge >= 0.3 is 0 Å². The average molecular weight is 352 g/mol. The highest BCUT2D eigenvalue weighted by Crippen LogP contribution is 2.24. The van der Waals surface area contributed by atoms with E-state index in [-0.39, 0.29) is 11.9 Å². The van der Waals surface area contributed by atoms with E-state index in [4.69, 9.17) is 4.52 Å². The number of benzene rings is 1. The van der Waals surface area contributed by atoms with Gasteiger partial charge < -0.3 is 9.42 Å². The molecule has 0 bridgehead atoms. The van der Waals surface area contributed by atoms with E-state index in [1.807, 2.05) is 43.0 Å². The van der Waals surface area contributed by atoms with Crippen molar-refractivity contribution in [2.45, 2.75) is 32.7 Å². The maximum absolute atomic E-state index is 12.6. The number of rotatable bonds is 4. The molecule has 26 heavy (non-hydrogen) atoms. The third kappa shape index (κ3) is 3.10. The standard InChI is InChI=1S/C18H20N6O2/c1-3-16-19-17(26-21-16)15-11-24(22-20-15)14-8-9-23(10-14)18(25)13-6-4-12(2)5-7-13/h4-7,11,14H,3,8-10H2,1-2H3/t14-/m0/s1. The van der Waals surface area contributed by atoms with E-state index in [0.29, 0.717) is 42.5 Å². The van der Waals surface area contributed by atoms with Crippen LogP contribution in [-0.4, -0.2) is 49.0 Å². The van der Waals surface area contributed by atoms with Crippen molar-refractivity contribution in [3.05, 3.63) is 47.4 Å². The highest BCUT2D eigenvalue weighted by Gasteiger charge is 2.29. The number of carbonyl (C=O) groups is 1. The Labute approximate surface area is 150 Å². The van der Waals surface area contributed by atoms with E-state index in [2.05, 4.69) is 20.5 Å². The lowest BCUT2D eigenvalue weighted by Gasteiger charge is -2.16. The Hall–Kier alpha value is -3.03. The maximum atomic E-state index is 12.6. The van der Waals surface area contributed by atoms with Gasteiger partial charge in [-0.1, -0.05) is 35.0 Å². The van der Waals surface area contributed by atoms with Gasteiger partial charge in [0.1, 0.15) is 0 Å². The monoisotopic (exact) mass is 352 g/mol. The SMILES string of the molecule is CCc1noc(-c2cn([C@H]3CCN(C(=O)c4ccc(C)cc4)C3)nn2)n1. The van der Waals surface area contributed by atoms with Gasteiger partial charge in [-0.2, -0.15) is 4.98 Å². The number of hydrogen-bond acceptors (Lipinski definition) is 6. The van der Waals surface area contributed by atoms with E-state index in [0.717, 1.165) is 12.0 Å². The third-order valence-corrected chi connectivity index (χ3v) is 4.64. The van der Waals surface area contributed by atoms with Gasteiger partial charge in [-0.05, 0) is 25.5 Å². The first-order chi connectivity index (χ1) is 12.6. The minimum Gasteiger partial charge on any atom is -0.336 e. The molecule has 0 unspecified atom stereocenters. The van der Waals surface area contributed by atoms with Crippen molar-refractivity contribution in [2.75, 3.05) is 13.1 Å². The molecule has 0 spiro atoms. The van der Waals surface area contributed by atoms with Crippen LogP contribution in [0.5, 0.6) is 0 Å². The number of amides is 1. The molecule has 1 aliphatic heterocycles. The zero-order chi connectivity index (χ0) is 18.1. The van der Waals surface area contributed by atoms with Crippen molar-refractivity contribution in [1.29, 1.82) is 0 Å². The van der Waals surface area contributed by atoms with E-state index in [1.54, 1.807) is 10.9 Å². The second-order valence-corrected chi connectivity index (χ2v) is 6.51. The minimum atomic E-state index is 0.0531. The Kier molecular flexibility index (Phi) is 4.24. The van der Waals surface area contributed by atoms with E-state index >= 15 is 0 Å². The summed E-state index contributed by atoms with van der Waals surface area (Å²) in [6.07, 6.45) is 3.35. The van der Waals surface area contributed by atoms with E-state index in [1.165, 1.54) is 0 Å². The molecule has 1 saturated heterocycles. The van der Waals surface area contributed by atoms with Crippen molar-refractivity contribution in [1.82, 2.24) is 30.0 Å². The van der Waals surface area contributed by atoms with Gasteiger partial charge in [-0.25, -0.2) is 4.68 Å². The molecule has 0 N–H and O–H groups in total. The summed E-state index contributed by atoms with van der Waals surface area (Å²) < 4.78 is 6.99. The van der Waals surface area contributed by atoms with Crippen LogP contribution in [0.4, 0.5) is 0 Å². The summed E-state index contributed by atoms with van der Waals surface area (Å²) in [6, 6.07) is 7.76. The first-order valence-electron chi connectivity index (χ1n) is 8.74. The lowest BCUT2D eigenvalue weighted by Crippen LogP contribution is -2.29. The van der Waals surface area contributed by atoms with E-state index in [9.17, 15) is 4.79 Å². The number of aromatic nitrogens is 5. The molecule has 8 nitrogen and oxygen atoms in total. The predicted octanol–water partition coefficient (Wildman–Crippen LogP) is 2.29. The second-order valence-electron chi connectivity index (χ2n) is 6.51. The van der Waals surface area contributed by atoms with Crippen LogP contribution in [0, 0.1) is 6.92 Å². The first kappa shape index (κ1) is 16.4. The van der Waals surface area contributed by atoms with Gasteiger partial charge in [-0.15, -0.1) is 5.10 Å². The molecule has 4 rings (SSSR count). The Balaban J connectivity index is 1.45. The fraction of sp³-hybridized carbons (Fsp3) is 0.389. The highest BCUT2D eigenvalue weighted by molar-refractivity contribution is 5.94. The van der Waals surface area contributed by atoms with Crippen molar-refractivity contribution in [3.63, 3.8) is 0 Å².